The van der Waals surface area contributed by atoms with Crippen LogP contribution < -0.4 is 11.1 Å². The summed E-state index contributed by atoms with van der Waals surface area (Å²) < 4.78 is 5.25. The maximum atomic E-state index is 11.9. The van der Waals surface area contributed by atoms with Gasteiger partial charge in [0.25, 0.3) is 0 Å². The maximum absolute atomic E-state index is 11.9. The molecule has 0 fully saturated rings. The third-order valence-corrected chi connectivity index (χ3v) is 2.96. The topological polar surface area (TPSA) is 68.3 Å². The molecule has 3 N–H and O–H groups in total. The van der Waals surface area contributed by atoms with Crippen molar-refractivity contribution in [3.05, 3.63) is 24.2 Å². The summed E-state index contributed by atoms with van der Waals surface area (Å²) in [6.45, 7) is 6.76. The molecule has 2 unspecified atom stereocenters. The summed E-state index contributed by atoms with van der Waals surface area (Å²) in [5.74, 6) is 1.63. The number of rotatable bonds is 7. The fraction of sp³-hybridized carbons (Fsp3) is 0.643. The average molecular weight is 252 g/mol. The number of nitrogens with one attached hydrogen (secondary N) is 1. The zero-order chi connectivity index (χ0) is 13.5. The molecule has 0 spiro atoms. The Balaban J connectivity index is 2.40. The smallest absolute Gasteiger partial charge is 0.220 e. The number of carbonyl (C=O) groups excluding carboxylic acids is 1. The van der Waals surface area contributed by atoms with E-state index in [1.54, 1.807) is 6.26 Å². The summed E-state index contributed by atoms with van der Waals surface area (Å²) in [5, 5.41) is 2.93. The first kappa shape index (κ1) is 14.8. The molecule has 0 aliphatic carbocycles. The lowest BCUT2D eigenvalue weighted by atomic mass is 9.94. The highest BCUT2D eigenvalue weighted by atomic mass is 16.3. The molecule has 0 radical (unpaired) electrons. The molecule has 0 aliphatic rings. The average Bonchev–Trinajstić information content (AvgIpc) is 2.80. The van der Waals surface area contributed by atoms with Crippen molar-refractivity contribution in [2.75, 3.05) is 6.54 Å². The van der Waals surface area contributed by atoms with Gasteiger partial charge in [-0.1, -0.05) is 13.8 Å². The SMILES string of the molecule is CC(C)CC(CN)CC(=O)NC(C)c1ccco1. The number of hydrogen-bond acceptors (Lipinski definition) is 3. The highest BCUT2D eigenvalue weighted by Crippen LogP contribution is 2.16. The number of amides is 1. The van der Waals surface area contributed by atoms with Gasteiger partial charge in [-0.15, -0.1) is 0 Å². The van der Waals surface area contributed by atoms with Gasteiger partial charge in [0.2, 0.25) is 5.91 Å². The van der Waals surface area contributed by atoms with Crippen LogP contribution in [0.25, 0.3) is 0 Å². The van der Waals surface area contributed by atoms with Crippen LogP contribution in [0.1, 0.15) is 45.4 Å². The predicted octanol–water partition coefficient (Wildman–Crippen LogP) is 2.47. The summed E-state index contributed by atoms with van der Waals surface area (Å²) in [6, 6.07) is 3.59. The Morgan fingerprint density at radius 3 is 2.67 bits per heavy atom. The van der Waals surface area contributed by atoms with E-state index in [4.69, 9.17) is 10.2 Å². The molecule has 1 rings (SSSR count). The number of nitrogens with two attached hydrogens (primary N) is 1. The van der Waals surface area contributed by atoms with E-state index in [9.17, 15) is 4.79 Å². The molecule has 0 saturated carbocycles. The second-order valence-electron chi connectivity index (χ2n) is 5.24. The summed E-state index contributed by atoms with van der Waals surface area (Å²) >= 11 is 0. The minimum absolute atomic E-state index is 0.0370. The van der Waals surface area contributed by atoms with E-state index >= 15 is 0 Å². The molecule has 1 aromatic heterocycles. The molecule has 0 saturated heterocycles. The van der Waals surface area contributed by atoms with E-state index in [0.29, 0.717) is 18.9 Å². The molecule has 4 nitrogen and oxygen atoms in total. The molecule has 1 aromatic rings. The first-order valence-electron chi connectivity index (χ1n) is 6.55. The maximum Gasteiger partial charge on any atom is 0.220 e. The first-order chi connectivity index (χ1) is 8.52. The van der Waals surface area contributed by atoms with Gasteiger partial charge in [0.1, 0.15) is 5.76 Å². The number of hydrogen-bond donors (Lipinski definition) is 2. The molecular formula is C14H24N2O2. The lowest BCUT2D eigenvalue weighted by Crippen LogP contribution is -2.30. The Labute approximate surface area is 109 Å². The van der Waals surface area contributed by atoms with Crippen LogP contribution in [-0.4, -0.2) is 12.5 Å². The molecule has 102 valence electrons. The van der Waals surface area contributed by atoms with Crippen LogP contribution in [0, 0.1) is 11.8 Å². The van der Waals surface area contributed by atoms with Crippen molar-refractivity contribution in [2.24, 2.45) is 17.6 Å². The van der Waals surface area contributed by atoms with Crippen LogP contribution in [0.15, 0.2) is 22.8 Å². The third-order valence-electron chi connectivity index (χ3n) is 2.96. The van der Waals surface area contributed by atoms with Gasteiger partial charge in [0, 0.05) is 6.42 Å². The monoisotopic (exact) mass is 252 g/mol. The van der Waals surface area contributed by atoms with Crippen molar-refractivity contribution >= 4 is 5.91 Å². The van der Waals surface area contributed by atoms with Crippen molar-refractivity contribution in [1.29, 1.82) is 0 Å². The minimum Gasteiger partial charge on any atom is -0.467 e. The Morgan fingerprint density at radius 2 is 2.17 bits per heavy atom. The third kappa shape index (κ3) is 4.92. The van der Waals surface area contributed by atoms with Gasteiger partial charge in [-0.25, -0.2) is 0 Å². The van der Waals surface area contributed by atoms with Crippen molar-refractivity contribution in [1.82, 2.24) is 5.32 Å². The summed E-state index contributed by atoms with van der Waals surface area (Å²) in [4.78, 5) is 11.9. The molecule has 0 bridgehead atoms. The van der Waals surface area contributed by atoms with Crippen molar-refractivity contribution < 1.29 is 9.21 Å². The quantitative estimate of drug-likeness (QED) is 0.783. The molecule has 1 heterocycles. The Bertz CT molecular complexity index is 347. The first-order valence-corrected chi connectivity index (χ1v) is 6.55. The molecule has 0 aromatic carbocycles. The van der Waals surface area contributed by atoms with Crippen LogP contribution >= 0.6 is 0 Å². The predicted molar refractivity (Wildman–Crippen MR) is 71.9 cm³/mol. The summed E-state index contributed by atoms with van der Waals surface area (Å²) in [5.41, 5.74) is 5.70. The zero-order valence-corrected chi connectivity index (χ0v) is 11.5. The van der Waals surface area contributed by atoms with E-state index < -0.39 is 0 Å². The van der Waals surface area contributed by atoms with Crippen LogP contribution in [-0.2, 0) is 4.79 Å². The van der Waals surface area contributed by atoms with Gasteiger partial charge in [-0.3, -0.25) is 4.79 Å². The number of carbonyl (C=O) groups is 1. The van der Waals surface area contributed by atoms with E-state index in [1.165, 1.54) is 0 Å². The van der Waals surface area contributed by atoms with Gasteiger partial charge >= 0.3 is 0 Å². The van der Waals surface area contributed by atoms with E-state index in [0.717, 1.165) is 12.2 Å². The molecular weight excluding hydrogens is 228 g/mol. The molecule has 0 aliphatic heterocycles. The molecule has 1 amide bonds. The minimum atomic E-state index is -0.0926. The van der Waals surface area contributed by atoms with Crippen molar-refractivity contribution in [3.63, 3.8) is 0 Å². The molecule has 18 heavy (non-hydrogen) atoms. The van der Waals surface area contributed by atoms with Crippen molar-refractivity contribution in [3.8, 4) is 0 Å². The Kier molecular flexibility index (Phi) is 5.92. The fourth-order valence-electron chi connectivity index (χ4n) is 2.10. The van der Waals surface area contributed by atoms with Gasteiger partial charge < -0.3 is 15.5 Å². The van der Waals surface area contributed by atoms with Gasteiger partial charge in [-0.2, -0.15) is 0 Å². The van der Waals surface area contributed by atoms with Crippen LogP contribution in [0.2, 0.25) is 0 Å². The number of furan rings is 1. The van der Waals surface area contributed by atoms with Gasteiger partial charge in [0.15, 0.2) is 0 Å². The standard InChI is InChI=1S/C14H24N2O2/c1-10(2)7-12(9-15)8-14(17)16-11(3)13-5-4-6-18-13/h4-6,10-12H,7-9,15H2,1-3H3,(H,16,17). The Hall–Kier alpha value is -1.29. The van der Waals surface area contributed by atoms with Crippen molar-refractivity contribution in [2.45, 2.75) is 39.7 Å². The lowest BCUT2D eigenvalue weighted by Gasteiger charge is -2.18. The normalized spacial score (nSPS) is 14.5. The van der Waals surface area contributed by atoms with Crippen LogP contribution in [0.4, 0.5) is 0 Å². The van der Waals surface area contributed by atoms with Gasteiger partial charge in [-0.05, 0) is 43.9 Å². The van der Waals surface area contributed by atoms with E-state index in [1.807, 2.05) is 19.1 Å². The highest BCUT2D eigenvalue weighted by molar-refractivity contribution is 5.76. The fourth-order valence-corrected chi connectivity index (χ4v) is 2.10. The van der Waals surface area contributed by atoms with Crippen LogP contribution in [0.3, 0.4) is 0 Å². The largest absolute Gasteiger partial charge is 0.467 e. The highest BCUT2D eigenvalue weighted by Gasteiger charge is 2.17. The van der Waals surface area contributed by atoms with E-state index in [-0.39, 0.29) is 17.9 Å². The van der Waals surface area contributed by atoms with Crippen LogP contribution in [0.5, 0.6) is 0 Å². The summed E-state index contributed by atoms with van der Waals surface area (Å²) in [7, 11) is 0. The molecule has 4 heteroatoms. The molecule has 2 atom stereocenters. The van der Waals surface area contributed by atoms with E-state index in [2.05, 4.69) is 19.2 Å². The Morgan fingerprint density at radius 1 is 1.44 bits per heavy atom. The summed E-state index contributed by atoms with van der Waals surface area (Å²) in [6.07, 6.45) is 3.08. The second kappa shape index (κ2) is 7.21. The van der Waals surface area contributed by atoms with Gasteiger partial charge in [0.05, 0.1) is 12.3 Å². The second-order valence-corrected chi connectivity index (χ2v) is 5.24. The lowest BCUT2D eigenvalue weighted by molar-refractivity contribution is -0.122. The zero-order valence-electron chi connectivity index (χ0n) is 11.5.